The Bertz CT molecular complexity index is 1000. The fourth-order valence-corrected chi connectivity index (χ4v) is 6.26. The van der Waals surface area contributed by atoms with Crippen LogP contribution in [0, 0.1) is 5.41 Å². The van der Waals surface area contributed by atoms with E-state index in [0.29, 0.717) is 17.1 Å². The Kier molecular flexibility index (Phi) is 3.96. The molecule has 27 heavy (non-hydrogen) atoms. The van der Waals surface area contributed by atoms with Crippen LogP contribution in [0.4, 0.5) is 0 Å². The lowest BCUT2D eigenvalue weighted by atomic mass is 9.73. The Morgan fingerprint density at radius 3 is 2.63 bits per heavy atom. The van der Waals surface area contributed by atoms with Crippen LogP contribution in [-0.2, 0) is 29.0 Å². The third-order valence-electron chi connectivity index (χ3n) is 6.43. The number of aromatic nitrogens is 2. The van der Waals surface area contributed by atoms with Crippen LogP contribution in [0.25, 0.3) is 4.96 Å². The molecule has 2 aliphatic carbocycles. The van der Waals surface area contributed by atoms with Crippen molar-refractivity contribution < 1.29 is 9.59 Å². The second-order valence-electron chi connectivity index (χ2n) is 8.19. The molecule has 0 aromatic carbocycles. The summed E-state index contributed by atoms with van der Waals surface area (Å²) >= 11 is 1.57. The zero-order valence-corrected chi connectivity index (χ0v) is 16.1. The van der Waals surface area contributed by atoms with E-state index in [9.17, 15) is 14.4 Å². The van der Waals surface area contributed by atoms with E-state index in [1.54, 1.807) is 15.7 Å². The van der Waals surface area contributed by atoms with Crippen LogP contribution in [0.15, 0.2) is 10.9 Å². The number of nitrogens with zero attached hydrogens (tertiary/aromatic N) is 3. The lowest BCUT2D eigenvalue weighted by Gasteiger charge is -2.30. The highest BCUT2D eigenvalue weighted by atomic mass is 32.1. The molecule has 3 heterocycles. The van der Waals surface area contributed by atoms with Gasteiger partial charge in [-0.05, 0) is 38.5 Å². The number of imide groups is 1. The van der Waals surface area contributed by atoms with Crippen LogP contribution >= 0.6 is 11.3 Å². The summed E-state index contributed by atoms with van der Waals surface area (Å²) in [7, 11) is 0. The summed E-state index contributed by atoms with van der Waals surface area (Å²) in [6.07, 6.45) is 9.28. The summed E-state index contributed by atoms with van der Waals surface area (Å²) < 4.78 is 1.72. The van der Waals surface area contributed by atoms with Gasteiger partial charge in [-0.2, -0.15) is 0 Å². The Hall–Kier alpha value is -2.02. The molecule has 1 aliphatic heterocycles. The van der Waals surface area contributed by atoms with Crippen molar-refractivity contribution in [3.05, 3.63) is 32.7 Å². The molecule has 0 unspecified atom stereocenters. The number of rotatable bonds is 2. The first kappa shape index (κ1) is 17.1. The van der Waals surface area contributed by atoms with Gasteiger partial charge in [0.25, 0.3) is 5.56 Å². The van der Waals surface area contributed by atoms with E-state index in [-0.39, 0.29) is 23.9 Å². The Morgan fingerprint density at radius 1 is 1.04 bits per heavy atom. The standard InChI is InChI=1S/C20H23N3O3S/c24-16-10-13(21-19-23(16)14-6-2-3-7-15(14)27-19)12-22-17(25)11-20(18(22)26)8-4-1-5-9-20/h10H,1-9,11-12H2. The van der Waals surface area contributed by atoms with Gasteiger partial charge in [-0.25, -0.2) is 4.98 Å². The van der Waals surface area contributed by atoms with Gasteiger partial charge in [0.1, 0.15) is 0 Å². The molecule has 1 saturated heterocycles. The minimum absolute atomic E-state index is 0.0559. The molecule has 3 aliphatic rings. The zero-order chi connectivity index (χ0) is 18.6. The van der Waals surface area contributed by atoms with Crippen molar-refractivity contribution in [2.75, 3.05) is 0 Å². The van der Waals surface area contributed by atoms with Gasteiger partial charge in [0.05, 0.1) is 17.7 Å². The number of carbonyl (C=O) groups excluding carboxylic acids is 2. The highest BCUT2D eigenvalue weighted by Crippen LogP contribution is 2.45. The van der Waals surface area contributed by atoms with E-state index in [1.165, 1.54) is 15.8 Å². The van der Waals surface area contributed by atoms with Crippen molar-refractivity contribution in [2.45, 2.75) is 70.8 Å². The molecule has 7 heteroatoms. The third kappa shape index (κ3) is 2.66. The molecular weight excluding hydrogens is 362 g/mol. The van der Waals surface area contributed by atoms with Gasteiger partial charge in [-0.1, -0.05) is 19.3 Å². The molecule has 0 atom stereocenters. The minimum atomic E-state index is -0.490. The van der Waals surface area contributed by atoms with Gasteiger partial charge in [0.2, 0.25) is 11.8 Å². The summed E-state index contributed by atoms with van der Waals surface area (Å²) in [6, 6.07) is 1.50. The first-order valence-corrected chi connectivity index (χ1v) is 10.8. The van der Waals surface area contributed by atoms with Crippen molar-refractivity contribution in [1.82, 2.24) is 14.3 Å². The summed E-state index contributed by atoms with van der Waals surface area (Å²) in [6.45, 7) is 0.119. The molecule has 0 N–H and O–H groups in total. The van der Waals surface area contributed by atoms with Crippen molar-refractivity contribution in [2.24, 2.45) is 5.41 Å². The number of carbonyl (C=O) groups is 2. The normalized spacial score (nSPS) is 22.0. The highest BCUT2D eigenvalue weighted by molar-refractivity contribution is 7.17. The first-order chi connectivity index (χ1) is 13.1. The number of aryl methyl sites for hydroxylation is 2. The monoisotopic (exact) mass is 385 g/mol. The van der Waals surface area contributed by atoms with Gasteiger partial charge in [0, 0.05) is 23.1 Å². The highest BCUT2D eigenvalue weighted by Gasteiger charge is 2.51. The fourth-order valence-electron chi connectivity index (χ4n) is 5.02. The second kappa shape index (κ2) is 6.26. The van der Waals surface area contributed by atoms with Gasteiger partial charge in [-0.3, -0.25) is 23.7 Å². The maximum absolute atomic E-state index is 13.0. The van der Waals surface area contributed by atoms with E-state index in [4.69, 9.17) is 0 Å². The molecular formula is C20H23N3O3S. The SMILES string of the molecule is O=C1CC2(CCCCC2)C(=O)N1Cc1cc(=O)n2c3c(sc2n1)CCCC3. The van der Waals surface area contributed by atoms with E-state index < -0.39 is 5.41 Å². The largest absolute Gasteiger partial charge is 0.276 e. The molecule has 0 radical (unpaired) electrons. The molecule has 1 spiro atoms. The van der Waals surface area contributed by atoms with Gasteiger partial charge >= 0.3 is 0 Å². The van der Waals surface area contributed by atoms with Crippen LogP contribution < -0.4 is 5.56 Å². The van der Waals surface area contributed by atoms with Crippen molar-refractivity contribution >= 4 is 28.1 Å². The molecule has 2 aromatic heterocycles. The smallest absolute Gasteiger partial charge is 0.259 e. The summed E-state index contributed by atoms with van der Waals surface area (Å²) in [5, 5.41) is 0. The minimum Gasteiger partial charge on any atom is -0.276 e. The topological polar surface area (TPSA) is 71.8 Å². The molecule has 6 nitrogen and oxygen atoms in total. The van der Waals surface area contributed by atoms with Crippen LogP contribution in [0.2, 0.25) is 0 Å². The van der Waals surface area contributed by atoms with Crippen molar-refractivity contribution in [1.29, 1.82) is 0 Å². The van der Waals surface area contributed by atoms with E-state index in [0.717, 1.165) is 63.5 Å². The lowest BCUT2D eigenvalue weighted by Crippen LogP contribution is -2.37. The number of fused-ring (bicyclic) bond motifs is 3. The zero-order valence-electron chi connectivity index (χ0n) is 15.3. The number of hydrogen-bond acceptors (Lipinski definition) is 5. The lowest BCUT2D eigenvalue weighted by molar-refractivity contribution is -0.143. The predicted molar refractivity (Wildman–Crippen MR) is 102 cm³/mol. The number of thiazole rings is 1. The average Bonchev–Trinajstić information content (AvgIpc) is 3.14. The maximum atomic E-state index is 13.0. The number of likely N-dealkylation sites (tertiary alicyclic amines) is 1. The van der Waals surface area contributed by atoms with Crippen LogP contribution in [0.5, 0.6) is 0 Å². The molecule has 2 fully saturated rings. The molecule has 5 rings (SSSR count). The molecule has 2 aromatic rings. The molecule has 1 saturated carbocycles. The van der Waals surface area contributed by atoms with Crippen LogP contribution in [0.1, 0.15) is 67.6 Å². The van der Waals surface area contributed by atoms with E-state index >= 15 is 0 Å². The summed E-state index contributed by atoms with van der Waals surface area (Å²) in [4.78, 5) is 46.2. The van der Waals surface area contributed by atoms with Gasteiger partial charge in [-0.15, -0.1) is 11.3 Å². The Balaban J connectivity index is 1.47. The van der Waals surface area contributed by atoms with E-state index in [2.05, 4.69) is 4.98 Å². The number of amides is 2. The van der Waals surface area contributed by atoms with Crippen molar-refractivity contribution in [3.63, 3.8) is 0 Å². The van der Waals surface area contributed by atoms with E-state index in [1.807, 2.05) is 0 Å². The first-order valence-electron chi connectivity index (χ1n) is 9.95. The van der Waals surface area contributed by atoms with Crippen LogP contribution in [0.3, 0.4) is 0 Å². The molecule has 2 amide bonds. The Morgan fingerprint density at radius 2 is 1.81 bits per heavy atom. The third-order valence-corrected chi connectivity index (χ3v) is 7.58. The summed E-state index contributed by atoms with van der Waals surface area (Å²) in [5.41, 5.74) is 1.03. The fraction of sp³-hybridized carbons (Fsp3) is 0.600. The summed E-state index contributed by atoms with van der Waals surface area (Å²) in [5.74, 6) is -0.172. The number of hydrogen-bond donors (Lipinski definition) is 0. The van der Waals surface area contributed by atoms with Gasteiger partial charge in [0.15, 0.2) is 4.96 Å². The quantitative estimate of drug-likeness (QED) is 0.745. The van der Waals surface area contributed by atoms with Crippen molar-refractivity contribution in [3.8, 4) is 0 Å². The molecule has 0 bridgehead atoms. The van der Waals surface area contributed by atoms with Crippen LogP contribution in [-0.4, -0.2) is 26.1 Å². The Labute approximate surface area is 161 Å². The predicted octanol–water partition coefficient (Wildman–Crippen LogP) is 2.84. The second-order valence-corrected chi connectivity index (χ2v) is 9.25. The maximum Gasteiger partial charge on any atom is 0.259 e. The van der Waals surface area contributed by atoms with Gasteiger partial charge < -0.3 is 0 Å². The molecule has 142 valence electrons. The average molecular weight is 385 g/mol.